The number of hydrogen-bond acceptors (Lipinski definition) is 5. The Morgan fingerprint density at radius 2 is 1.84 bits per heavy atom. The van der Waals surface area contributed by atoms with Gasteiger partial charge in [-0.15, -0.1) is 0 Å². The summed E-state index contributed by atoms with van der Waals surface area (Å²) in [4.78, 5) is 42.6. The number of carbonyl (C=O) groups excluding carboxylic acids is 3. The quantitative estimate of drug-likeness (QED) is 0.691. The van der Waals surface area contributed by atoms with Gasteiger partial charge in [-0.3, -0.25) is 14.5 Å². The average Bonchev–Trinajstić information content (AvgIpc) is 3.46. The van der Waals surface area contributed by atoms with Crippen LogP contribution in [-0.2, 0) is 31.4 Å². The molecule has 0 radical (unpaired) electrons. The van der Waals surface area contributed by atoms with Crippen molar-refractivity contribution >= 4 is 27.7 Å². The lowest BCUT2D eigenvalue weighted by Gasteiger charge is -2.35. The molecule has 5 rings (SSSR count). The van der Waals surface area contributed by atoms with Gasteiger partial charge in [-0.1, -0.05) is 37.1 Å². The minimum atomic E-state index is -3.16. The summed E-state index contributed by atoms with van der Waals surface area (Å²) in [5, 5.41) is 2.89. The number of benzene rings is 1. The number of nitrogens with one attached hydrogen (secondary N) is 1. The molecule has 1 saturated carbocycles. The normalized spacial score (nSPS) is 29.4. The molecular weight excluding hydrogens is 430 g/mol. The molecule has 4 aliphatic rings. The monoisotopic (exact) mass is 459 g/mol. The highest BCUT2D eigenvalue weighted by atomic mass is 32.2. The lowest BCUT2D eigenvalue weighted by atomic mass is 9.76. The number of hydrogen-bond donors (Lipinski definition) is 1. The molecule has 1 spiro atoms. The Labute approximate surface area is 188 Å². The third-order valence-electron chi connectivity index (χ3n) is 7.55. The summed E-state index contributed by atoms with van der Waals surface area (Å²) >= 11 is 0. The van der Waals surface area contributed by atoms with Crippen molar-refractivity contribution in [1.29, 1.82) is 0 Å². The largest absolute Gasteiger partial charge is 0.334 e. The average molecular weight is 460 g/mol. The second-order valence-corrected chi connectivity index (χ2v) is 11.8. The summed E-state index contributed by atoms with van der Waals surface area (Å²) in [7, 11) is -3.16. The summed E-state index contributed by atoms with van der Waals surface area (Å²) < 4.78 is 24.2. The smallest absolute Gasteiger partial charge is 0.325 e. The van der Waals surface area contributed by atoms with Crippen LogP contribution in [0.25, 0.3) is 0 Å². The zero-order valence-electron chi connectivity index (χ0n) is 18.1. The van der Waals surface area contributed by atoms with Crippen LogP contribution in [0.15, 0.2) is 24.3 Å². The lowest BCUT2D eigenvalue weighted by molar-refractivity contribution is -0.142. The number of aryl methyl sites for hydroxylation is 1. The molecule has 2 saturated heterocycles. The van der Waals surface area contributed by atoms with Crippen molar-refractivity contribution in [3.8, 4) is 0 Å². The molecule has 3 fully saturated rings. The van der Waals surface area contributed by atoms with Crippen LogP contribution < -0.4 is 5.32 Å². The van der Waals surface area contributed by atoms with E-state index in [1.165, 1.54) is 0 Å². The van der Waals surface area contributed by atoms with Gasteiger partial charge >= 0.3 is 6.03 Å². The van der Waals surface area contributed by atoms with Crippen LogP contribution in [0.4, 0.5) is 4.79 Å². The number of carbonyl (C=O) groups is 3. The number of imide groups is 1. The van der Waals surface area contributed by atoms with E-state index in [0.29, 0.717) is 12.8 Å². The van der Waals surface area contributed by atoms with E-state index in [4.69, 9.17) is 0 Å². The zero-order chi connectivity index (χ0) is 22.5. The maximum Gasteiger partial charge on any atom is 0.325 e. The van der Waals surface area contributed by atoms with Crippen molar-refractivity contribution in [1.82, 2.24) is 15.1 Å². The minimum absolute atomic E-state index is 0.0223. The second-order valence-electron chi connectivity index (χ2n) is 9.53. The van der Waals surface area contributed by atoms with Crippen molar-refractivity contribution in [3.05, 3.63) is 35.4 Å². The van der Waals surface area contributed by atoms with Gasteiger partial charge in [0.25, 0.3) is 5.91 Å². The van der Waals surface area contributed by atoms with E-state index in [0.717, 1.165) is 54.6 Å². The molecule has 1 aromatic carbocycles. The number of urea groups is 1. The fraction of sp³-hybridized carbons (Fsp3) is 0.609. The van der Waals surface area contributed by atoms with E-state index in [9.17, 15) is 22.8 Å². The van der Waals surface area contributed by atoms with Gasteiger partial charge in [-0.05, 0) is 49.7 Å². The number of fused-ring (bicyclic) bond motifs is 2. The van der Waals surface area contributed by atoms with E-state index in [-0.39, 0.29) is 41.9 Å². The molecule has 0 aromatic heterocycles. The Balaban J connectivity index is 1.40. The van der Waals surface area contributed by atoms with Crippen molar-refractivity contribution in [2.24, 2.45) is 0 Å². The van der Waals surface area contributed by atoms with Crippen molar-refractivity contribution in [2.45, 2.75) is 69.0 Å². The van der Waals surface area contributed by atoms with Gasteiger partial charge in [0.15, 0.2) is 9.84 Å². The molecule has 4 amide bonds. The Bertz CT molecular complexity index is 1070. The molecule has 8 nitrogen and oxygen atoms in total. The summed E-state index contributed by atoms with van der Waals surface area (Å²) in [6, 6.07) is 6.70. The summed E-state index contributed by atoms with van der Waals surface area (Å²) in [5.74, 6) is -0.666. The molecule has 172 valence electrons. The van der Waals surface area contributed by atoms with Gasteiger partial charge in [0.2, 0.25) is 5.91 Å². The fourth-order valence-electron chi connectivity index (χ4n) is 6.05. The SMILES string of the molecule is O=C1N[C@@]2(CCCc3ccccc32)C(=O)N1CC(=O)N(C1CCCC1)[C@H]1CCS(=O)(=O)C1. The topological polar surface area (TPSA) is 104 Å². The molecule has 1 aromatic rings. The highest BCUT2D eigenvalue weighted by Crippen LogP contribution is 2.40. The number of rotatable bonds is 4. The second kappa shape index (κ2) is 7.86. The van der Waals surface area contributed by atoms with Gasteiger partial charge in [0, 0.05) is 12.1 Å². The standard InChI is InChI=1S/C23H29N3O5S/c27-20(26(17-8-2-3-9-17)18-11-13-32(30,31)15-18)14-25-21(28)23(24-22(25)29)12-5-7-16-6-1-4-10-19(16)23/h1,4,6,10,17-18H,2-3,5,7-9,11-15H2,(H,24,29)/t18-,23+/m0/s1. The third kappa shape index (κ3) is 3.50. The molecule has 32 heavy (non-hydrogen) atoms. The molecule has 2 atom stereocenters. The van der Waals surface area contributed by atoms with Gasteiger partial charge < -0.3 is 10.2 Å². The van der Waals surface area contributed by atoms with Gasteiger partial charge in [0.05, 0.1) is 11.5 Å². The third-order valence-corrected chi connectivity index (χ3v) is 9.30. The number of amides is 4. The van der Waals surface area contributed by atoms with Crippen molar-refractivity contribution in [3.63, 3.8) is 0 Å². The van der Waals surface area contributed by atoms with Crippen molar-refractivity contribution in [2.75, 3.05) is 18.1 Å². The molecule has 1 N–H and O–H groups in total. The Kier molecular flexibility index (Phi) is 5.27. The van der Waals surface area contributed by atoms with Crippen LogP contribution in [0.1, 0.15) is 56.1 Å². The maximum absolute atomic E-state index is 13.5. The van der Waals surface area contributed by atoms with Crippen LogP contribution in [0.2, 0.25) is 0 Å². The Morgan fingerprint density at radius 1 is 1.09 bits per heavy atom. The maximum atomic E-state index is 13.5. The van der Waals surface area contributed by atoms with E-state index in [2.05, 4.69) is 5.32 Å². The Morgan fingerprint density at radius 3 is 2.56 bits per heavy atom. The predicted molar refractivity (Wildman–Crippen MR) is 117 cm³/mol. The van der Waals surface area contributed by atoms with E-state index < -0.39 is 21.4 Å². The summed E-state index contributed by atoms with van der Waals surface area (Å²) in [6.45, 7) is -0.346. The molecule has 0 unspecified atom stereocenters. The van der Waals surface area contributed by atoms with Gasteiger partial charge in [0.1, 0.15) is 12.1 Å². The molecular formula is C23H29N3O5S. The molecule has 2 heterocycles. The molecule has 2 aliphatic heterocycles. The zero-order valence-corrected chi connectivity index (χ0v) is 18.9. The number of sulfone groups is 1. The van der Waals surface area contributed by atoms with E-state index in [1.54, 1.807) is 4.90 Å². The highest BCUT2D eigenvalue weighted by molar-refractivity contribution is 7.91. The minimum Gasteiger partial charge on any atom is -0.334 e. The van der Waals surface area contributed by atoms with Gasteiger partial charge in [-0.2, -0.15) is 0 Å². The van der Waals surface area contributed by atoms with E-state index in [1.807, 2.05) is 24.3 Å². The highest BCUT2D eigenvalue weighted by Gasteiger charge is 2.54. The Hall–Kier alpha value is -2.42. The first-order valence-electron chi connectivity index (χ1n) is 11.5. The first-order valence-corrected chi connectivity index (χ1v) is 13.4. The van der Waals surface area contributed by atoms with Gasteiger partial charge in [-0.25, -0.2) is 13.2 Å². The molecule has 0 bridgehead atoms. The van der Waals surface area contributed by atoms with Crippen LogP contribution in [0, 0.1) is 0 Å². The first kappa shape index (κ1) is 21.4. The van der Waals surface area contributed by atoms with Crippen molar-refractivity contribution < 1.29 is 22.8 Å². The van der Waals surface area contributed by atoms with Crippen LogP contribution in [0.3, 0.4) is 0 Å². The molecule has 2 aliphatic carbocycles. The lowest BCUT2D eigenvalue weighted by Crippen LogP contribution is -2.52. The van der Waals surface area contributed by atoms with Crippen LogP contribution in [0.5, 0.6) is 0 Å². The van der Waals surface area contributed by atoms with E-state index >= 15 is 0 Å². The van der Waals surface area contributed by atoms with Crippen LogP contribution >= 0.6 is 0 Å². The number of nitrogens with zero attached hydrogens (tertiary/aromatic N) is 2. The van der Waals surface area contributed by atoms with Crippen LogP contribution in [-0.4, -0.2) is 66.2 Å². The summed E-state index contributed by atoms with van der Waals surface area (Å²) in [6.07, 6.45) is 6.21. The first-order chi connectivity index (χ1) is 15.3. The molecule has 9 heteroatoms. The fourth-order valence-corrected chi connectivity index (χ4v) is 7.77. The predicted octanol–water partition coefficient (Wildman–Crippen LogP) is 1.73. The summed E-state index contributed by atoms with van der Waals surface area (Å²) in [5.41, 5.74) is 0.750.